The molecule has 2 heterocycles. The predicted molar refractivity (Wildman–Crippen MR) is 74.2 cm³/mol. The molecule has 8 nitrogen and oxygen atoms in total. The number of aromatic nitrogens is 5. The fourth-order valence-electron chi connectivity index (χ4n) is 1.67. The van der Waals surface area contributed by atoms with Gasteiger partial charge in [0, 0.05) is 6.07 Å². The molecule has 0 aliphatic rings. The predicted octanol–water partition coefficient (Wildman–Crippen LogP) is 0.997. The van der Waals surface area contributed by atoms with E-state index < -0.39 is 15.8 Å². The molecule has 0 saturated carbocycles. The number of nitrogens with zero attached hydrogens (tertiary/aromatic N) is 5. The first kappa shape index (κ1) is 14.1. The third-order valence-electron chi connectivity index (χ3n) is 2.67. The molecule has 0 amide bonds. The summed E-state index contributed by atoms with van der Waals surface area (Å²) in [4.78, 5) is 11.5. The van der Waals surface area contributed by atoms with Crippen molar-refractivity contribution in [1.29, 1.82) is 0 Å². The molecule has 0 bridgehead atoms. The normalized spacial score (nSPS) is 11.3. The fraction of sp³-hybridized carbons (Fsp3) is 0. The first-order valence-corrected chi connectivity index (χ1v) is 7.48. The van der Waals surface area contributed by atoms with Crippen molar-refractivity contribution in [3.05, 3.63) is 55.1 Å². The van der Waals surface area contributed by atoms with Gasteiger partial charge in [0.25, 0.3) is 10.0 Å². The van der Waals surface area contributed by atoms with Crippen molar-refractivity contribution in [1.82, 2.24) is 24.7 Å². The van der Waals surface area contributed by atoms with Crippen LogP contribution in [0.2, 0.25) is 0 Å². The molecule has 3 rings (SSSR count). The Balaban J connectivity index is 1.89. The van der Waals surface area contributed by atoms with Crippen molar-refractivity contribution in [2.75, 3.05) is 4.72 Å². The molecule has 22 heavy (non-hydrogen) atoms. The molecule has 1 N–H and O–H groups in total. The average Bonchev–Trinajstić information content (AvgIpc) is 3.02. The quantitative estimate of drug-likeness (QED) is 0.769. The molecule has 3 aromatic rings. The van der Waals surface area contributed by atoms with E-state index in [0.29, 0.717) is 5.82 Å². The van der Waals surface area contributed by atoms with E-state index in [-0.39, 0.29) is 10.7 Å². The molecule has 0 fully saturated rings. The fourth-order valence-corrected chi connectivity index (χ4v) is 2.66. The SMILES string of the molecule is O=S(=O)(Nc1cc(-n2cncn2)ncn1)c1ccc(F)cc1. The van der Waals surface area contributed by atoms with Gasteiger partial charge in [-0.3, -0.25) is 4.72 Å². The zero-order valence-corrected chi connectivity index (χ0v) is 11.8. The molecule has 10 heteroatoms. The highest BCUT2D eigenvalue weighted by molar-refractivity contribution is 7.92. The third-order valence-corrected chi connectivity index (χ3v) is 4.04. The van der Waals surface area contributed by atoms with Gasteiger partial charge in [-0.15, -0.1) is 0 Å². The Labute approximate surface area is 124 Å². The van der Waals surface area contributed by atoms with Gasteiger partial charge in [0.15, 0.2) is 5.82 Å². The second-order valence-electron chi connectivity index (χ2n) is 4.16. The highest BCUT2D eigenvalue weighted by Crippen LogP contribution is 2.15. The molecule has 0 aliphatic carbocycles. The Morgan fingerprint density at radius 2 is 1.86 bits per heavy atom. The summed E-state index contributed by atoms with van der Waals surface area (Å²) in [5.74, 6) is -0.108. The minimum atomic E-state index is -3.87. The maximum absolute atomic E-state index is 12.9. The van der Waals surface area contributed by atoms with E-state index in [9.17, 15) is 12.8 Å². The van der Waals surface area contributed by atoms with Crippen molar-refractivity contribution >= 4 is 15.8 Å². The van der Waals surface area contributed by atoms with Gasteiger partial charge in [0.2, 0.25) is 0 Å². The van der Waals surface area contributed by atoms with E-state index in [2.05, 4.69) is 24.8 Å². The van der Waals surface area contributed by atoms with Crippen LogP contribution in [0.4, 0.5) is 10.2 Å². The summed E-state index contributed by atoms with van der Waals surface area (Å²) in [6, 6.07) is 5.86. The number of hydrogen-bond acceptors (Lipinski definition) is 6. The van der Waals surface area contributed by atoms with Gasteiger partial charge in [-0.2, -0.15) is 5.10 Å². The van der Waals surface area contributed by atoms with Crippen LogP contribution in [0.15, 0.2) is 54.2 Å². The molecule has 0 atom stereocenters. The van der Waals surface area contributed by atoms with E-state index in [4.69, 9.17) is 0 Å². The molecule has 0 saturated heterocycles. The highest BCUT2D eigenvalue weighted by Gasteiger charge is 2.15. The Hall–Kier alpha value is -2.88. The van der Waals surface area contributed by atoms with Gasteiger partial charge in [0.1, 0.15) is 30.6 Å². The first-order chi connectivity index (χ1) is 10.5. The molecule has 112 valence electrons. The van der Waals surface area contributed by atoms with Gasteiger partial charge >= 0.3 is 0 Å². The minimum absolute atomic E-state index is 0.0600. The van der Waals surface area contributed by atoms with Crippen LogP contribution < -0.4 is 4.72 Å². The lowest BCUT2D eigenvalue weighted by Gasteiger charge is -2.08. The van der Waals surface area contributed by atoms with Crippen LogP contribution in [-0.2, 0) is 10.0 Å². The Kier molecular flexibility index (Phi) is 3.51. The van der Waals surface area contributed by atoms with E-state index in [0.717, 1.165) is 24.3 Å². The summed E-state index contributed by atoms with van der Waals surface area (Å²) < 4.78 is 40.9. The highest BCUT2D eigenvalue weighted by atomic mass is 32.2. The number of halogens is 1. The van der Waals surface area contributed by atoms with Crippen molar-refractivity contribution in [2.24, 2.45) is 0 Å². The van der Waals surface area contributed by atoms with Gasteiger partial charge in [-0.25, -0.2) is 32.4 Å². The van der Waals surface area contributed by atoms with Crippen LogP contribution in [-0.4, -0.2) is 33.2 Å². The van der Waals surface area contributed by atoms with Crippen molar-refractivity contribution in [2.45, 2.75) is 4.90 Å². The number of nitrogens with one attached hydrogen (secondary N) is 1. The molecule has 1 aromatic carbocycles. The van der Waals surface area contributed by atoms with Gasteiger partial charge in [-0.1, -0.05) is 0 Å². The Morgan fingerprint density at radius 3 is 2.55 bits per heavy atom. The number of anilines is 1. The summed E-state index contributed by atoms with van der Waals surface area (Å²) in [5, 5.41) is 3.89. The summed E-state index contributed by atoms with van der Waals surface area (Å²) in [6.07, 6.45) is 3.94. The van der Waals surface area contributed by atoms with E-state index >= 15 is 0 Å². The number of rotatable bonds is 4. The zero-order chi connectivity index (χ0) is 15.6. The lowest BCUT2D eigenvalue weighted by Crippen LogP contribution is -2.14. The topological polar surface area (TPSA) is 103 Å². The Bertz CT molecular complexity index is 880. The number of benzene rings is 1. The number of sulfonamides is 1. The summed E-state index contributed by atoms with van der Waals surface area (Å²) in [7, 11) is -3.87. The monoisotopic (exact) mass is 320 g/mol. The van der Waals surface area contributed by atoms with Crippen LogP contribution in [0.5, 0.6) is 0 Å². The van der Waals surface area contributed by atoms with Crippen LogP contribution >= 0.6 is 0 Å². The van der Waals surface area contributed by atoms with Crippen LogP contribution in [0.1, 0.15) is 0 Å². The largest absolute Gasteiger partial charge is 0.263 e. The smallest absolute Gasteiger partial charge is 0.263 e. The lowest BCUT2D eigenvalue weighted by atomic mass is 10.4. The van der Waals surface area contributed by atoms with Crippen LogP contribution in [0, 0.1) is 5.82 Å². The van der Waals surface area contributed by atoms with Gasteiger partial charge in [0.05, 0.1) is 4.90 Å². The standard InChI is InChI=1S/C12H9FN6O2S/c13-9-1-3-10(4-2-9)22(20,21)18-11-5-12(16-7-15-11)19-8-14-6-17-19/h1-8H,(H,15,16,18). The van der Waals surface area contributed by atoms with E-state index in [1.54, 1.807) is 0 Å². The molecule has 0 unspecified atom stereocenters. The van der Waals surface area contributed by atoms with E-state index in [1.807, 2.05) is 0 Å². The molecular weight excluding hydrogens is 311 g/mol. The molecule has 0 aliphatic heterocycles. The summed E-state index contributed by atoms with van der Waals surface area (Å²) >= 11 is 0. The lowest BCUT2D eigenvalue weighted by molar-refractivity contribution is 0.599. The zero-order valence-electron chi connectivity index (χ0n) is 11.0. The second-order valence-corrected chi connectivity index (χ2v) is 5.84. The van der Waals surface area contributed by atoms with Crippen molar-refractivity contribution in [3.63, 3.8) is 0 Å². The van der Waals surface area contributed by atoms with Crippen molar-refractivity contribution in [3.8, 4) is 5.82 Å². The van der Waals surface area contributed by atoms with Gasteiger partial charge in [-0.05, 0) is 24.3 Å². The summed E-state index contributed by atoms with van der Waals surface area (Å²) in [5.41, 5.74) is 0. The molecule has 2 aromatic heterocycles. The minimum Gasteiger partial charge on any atom is -0.263 e. The first-order valence-electron chi connectivity index (χ1n) is 6.00. The molecule has 0 spiro atoms. The molecular formula is C12H9FN6O2S. The van der Waals surface area contributed by atoms with Gasteiger partial charge < -0.3 is 0 Å². The number of hydrogen-bond donors (Lipinski definition) is 1. The van der Waals surface area contributed by atoms with Crippen LogP contribution in [0.3, 0.4) is 0 Å². The maximum Gasteiger partial charge on any atom is 0.263 e. The van der Waals surface area contributed by atoms with Crippen molar-refractivity contribution < 1.29 is 12.8 Å². The van der Waals surface area contributed by atoms with E-state index in [1.165, 1.54) is 29.7 Å². The molecule has 0 radical (unpaired) electrons. The summed E-state index contributed by atoms with van der Waals surface area (Å²) in [6.45, 7) is 0. The van der Waals surface area contributed by atoms with Crippen LogP contribution in [0.25, 0.3) is 5.82 Å². The second kappa shape index (κ2) is 5.48. The average molecular weight is 320 g/mol. The Morgan fingerprint density at radius 1 is 1.09 bits per heavy atom. The third kappa shape index (κ3) is 2.91. The maximum atomic E-state index is 12.9.